The lowest BCUT2D eigenvalue weighted by molar-refractivity contribution is -0.124. The first-order valence-corrected chi connectivity index (χ1v) is 6.65. The molecule has 1 aromatic rings. The molecule has 0 spiro atoms. The Kier molecular flexibility index (Phi) is 5.34. The Bertz CT molecular complexity index is 428. The molecule has 0 bridgehead atoms. The van der Waals surface area contributed by atoms with Gasteiger partial charge in [0.15, 0.2) is 0 Å². The van der Waals surface area contributed by atoms with Crippen molar-refractivity contribution in [2.24, 2.45) is 5.73 Å². The lowest BCUT2D eigenvalue weighted by Crippen LogP contribution is -2.38. The predicted molar refractivity (Wildman–Crippen MR) is 77.5 cm³/mol. The van der Waals surface area contributed by atoms with Crippen LogP contribution in [-0.2, 0) is 4.79 Å². The molecule has 0 aromatic carbocycles. The number of carbonyl (C=O) groups is 1. The van der Waals surface area contributed by atoms with Gasteiger partial charge in [0.2, 0.25) is 5.91 Å². The van der Waals surface area contributed by atoms with Crippen molar-refractivity contribution in [1.82, 2.24) is 9.88 Å². The molecule has 5 heteroatoms. The first-order chi connectivity index (χ1) is 8.47. The monoisotopic (exact) mass is 267 g/mol. The third kappa shape index (κ3) is 3.57. The predicted octanol–water partition coefficient (Wildman–Crippen LogP) is 1.99. The standard InChI is InChI=1S/C13H21N3OS/c1-4-6-9(2)15-13(17)10(3)16-8-5-7-11(16)12(14)18/h5,7-10H,4,6H2,1-3H3,(H2,14,18)(H,15,17). The minimum Gasteiger partial charge on any atom is -0.388 e. The molecule has 0 aliphatic heterocycles. The van der Waals surface area contributed by atoms with Crippen LogP contribution in [0.3, 0.4) is 0 Å². The quantitative estimate of drug-likeness (QED) is 0.775. The van der Waals surface area contributed by atoms with Gasteiger partial charge >= 0.3 is 0 Å². The van der Waals surface area contributed by atoms with E-state index in [0.717, 1.165) is 18.5 Å². The summed E-state index contributed by atoms with van der Waals surface area (Å²) in [4.78, 5) is 12.4. The molecular formula is C13H21N3OS. The van der Waals surface area contributed by atoms with E-state index in [-0.39, 0.29) is 18.0 Å². The van der Waals surface area contributed by atoms with Crippen molar-refractivity contribution in [2.45, 2.75) is 45.7 Å². The summed E-state index contributed by atoms with van der Waals surface area (Å²) < 4.78 is 1.80. The Morgan fingerprint density at radius 2 is 2.22 bits per heavy atom. The maximum atomic E-state index is 12.1. The largest absolute Gasteiger partial charge is 0.388 e. The average Bonchev–Trinajstić information content (AvgIpc) is 2.76. The molecule has 3 N–H and O–H groups in total. The number of rotatable bonds is 6. The summed E-state index contributed by atoms with van der Waals surface area (Å²) in [5, 5.41) is 2.99. The third-order valence-corrected chi connectivity index (χ3v) is 3.15. The molecule has 18 heavy (non-hydrogen) atoms. The Balaban J connectivity index is 2.74. The first kappa shape index (κ1) is 14.7. The SMILES string of the molecule is CCCC(C)NC(=O)C(C)n1cccc1C(N)=S. The molecular weight excluding hydrogens is 246 g/mol. The molecule has 4 nitrogen and oxygen atoms in total. The van der Waals surface area contributed by atoms with Crippen molar-refractivity contribution in [2.75, 3.05) is 0 Å². The number of amides is 1. The minimum atomic E-state index is -0.309. The number of thiocarbonyl (C=S) groups is 1. The van der Waals surface area contributed by atoms with Crippen molar-refractivity contribution >= 4 is 23.1 Å². The van der Waals surface area contributed by atoms with E-state index in [1.54, 1.807) is 4.57 Å². The van der Waals surface area contributed by atoms with E-state index in [9.17, 15) is 4.79 Å². The van der Waals surface area contributed by atoms with E-state index < -0.39 is 0 Å². The van der Waals surface area contributed by atoms with Crippen molar-refractivity contribution < 1.29 is 4.79 Å². The lowest BCUT2D eigenvalue weighted by Gasteiger charge is -2.20. The fraction of sp³-hybridized carbons (Fsp3) is 0.538. The topological polar surface area (TPSA) is 60.0 Å². The highest BCUT2D eigenvalue weighted by Crippen LogP contribution is 2.12. The van der Waals surface area contributed by atoms with Crippen LogP contribution in [0, 0.1) is 0 Å². The second-order valence-electron chi connectivity index (χ2n) is 4.54. The number of hydrogen-bond acceptors (Lipinski definition) is 2. The van der Waals surface area contributed by atoms with Crippen LogP contribution in [-0.4, -0.2) is 21.5 Å². The molecule has 0 aliphatic carbocycles. The highest BCUT2D eigenvalue weighted by Gasteiger charge is 2.18. The third-order valence-electron chi connectivity index (χ3n) is 2.94. The van der Waals surface area contributed by atoms with Gasteiger partial charge in [0, 0.05) is 12.2 Å². The Hall–Kier alpha value is -1.36. The van der Waals surface area contributed by atoms with Gasteiger partial charge in [-0.15, -0.1) is 0 Å². The normalized spacial score (nSPS) is 13.9. The zero-order valence-corrected chi connectivity index (χ0v) is 12.0. The van der Waals surface area contributed by atoms with Gasteiger partial charge in [-0.2, -0.15) is 0 Å². The first-order valence-electron chi connectivity index (χ1n) is 6.24. The molecule has 0 fully saturated rings. The minimum absolute atomic E-state index is 0.00958. The summed E-state index contributed by atoms with van der Waals surface area (Å²) in [6, 6.07) is 3.54. The van der Waals surface area contributed by atoms with Crippen molar-refractivity contribution in [3.05, 3.63) is 24.0 Å². The summed E-state index contributed by atoms with van der Waals surface area (Å²) in [6.45, 7) is 5.96. The van der Waals surface area contributed by atoms with Gasteiger partial charge in [0.25, 0.3) is 0 Å². The van der Waals surface area contributed by atoms with Gasteiger partial charge in [0.05, 0.1) is 5.69 Å². The van der Waals surface area contributed by atoms with Crippen LogP contribution in [0.5, 0.6) is 0 Å². The molecule has 100 valence electrons. The van der Waals surface area contributed by atoms with E-state index in [2.05, 4.69) is 12.2 Å². The highest BCUT2D eigenvalue weighted by molar-refractivity contribution is 7.80. The molecule has 0 aliphatic rings. The van der Waals surface area contributed by atoms with Crippen LogP contribution >= 0.6 is 12.2 Å². The van der Waals surface area contributed by atoms with Crippen LogP contribution in [0.2, 0.25) is 0 Å². The molecule has 0 saturated carbocycles. The Labute approximate surface area is 114 Å². The van der Waals surface area contributed by atoms with E-state index in [1.165, 1.54) is 0 Å². The molecule has 0 saturated heterocycles. The molecule has 1 rings (SSSR count). The molecule has 1 aromatic heterocycles. The average molecular weight is 267 g/mol. The summed E-state index contributed by atoms with van der Waals surface area (Å²) in [5.41, 5.74) is 6.34. The van der Waals surface area contributed by atoms with E-state index in [4.69, 9.17) is 18.0 Å². The highest BCUT2D eigenvalue weighted by atomic mass is 32.1. The van der Waals surface area contributed by atoms with Crippen molar-refractivity contribution in [3.8, 4) is 0 Å². The maximum absolute atomic E-state index is 12.1. The van der Waals surface area contributed by atoms with Gasteiger partial charge in [0.1, 0.15) is 11.0 Å². The van der Waals surface area contributed by atoms with Crippen LogP contribution in [0.1, 0.15) is 45.3 Å². The smallest absolute Gasteiger partial charge is 0.242 e. The van der Waals surface area contributed by atoms with Gasteiger partial charge in [-0.1, -0.05) is 25.6 Å². The lowest BCUT2D eigenvalue weighted by atomic mass is 10.2. The molecule has 1 heterocycles. The number of carbonyl (C=O) groups excluding carboxylic acids is 1. The summed E-state index contributed by atoms with van der Waals surface area (Å²) in [7, 11) is 0. The molecule has 1 amide bonds. The van der Waals surface area contributed by atoms with Gasteiger partial charge < -0.3 is 15.6 Å². The Morgan fingerprint density at radius 3 is 2.78 bits per heavy atom. The van der Waals surface area contributed by atoms with Crippen molar-refractivity contribution in [1.29, 1.82) is 0 Å². The van der Waals surface area contributed by atoms with Gasteiger partial charge in [-0.3, -0.25) is 4.79 Å². The van der Waals surface area contributed by atoms with Crippen LogP contribution in [0.4, 0.5) is 0 Å². The van der Waals surface area contributed by atoms with E-state index in [0.29, 0.717) is 4.99 Å². The second-order valence-corrected chi connectivity index (χ2v) is 4.98. The van der Waals surface area contributed by atoms with E-state index in [1.807, 2.05) is 32.2 Å². The molecule has 2 atom stereocenters. The Morgan fingerprint density at radius 1 is 1.56 bits per heavy atom. The van der Waals surface area contributed by atoms with E-state index >= 15 is 0 Å². The maximum Gasteiger partial charge on any atom is 0.242 e. The van der Waals surface area contributed by atoms with Gasteiger partial charge in [-0.05, 0) is 32.4 Å². The number of nitrogens with one attached hydrogen (secondary N) is 1. The summed E-state index contributed by atoms with van der Waals surface area (Å²) in [5.74, 6) is -0.00958. The molecule has 2 unspecified atom stereocenters. The van der Waals surface area contributed by atoms with Crippen LogP contribution in [0.25, 0.3) is 0 Å². The van der Waals surface area contributed by atoms with Crippen molar-refractivity contribution in [3.63, 3.8) is 0 Å². The fourth-order valence-electron chi connectivity index (χ4n) is 1.94. The summed E-state index contributed by atoms with van der Waals surface area (Å²) >= 11 is 4.96. The number of hydrogen-bond donors (Lipinski definition) is 2. The molecule has 0 radical (unpaired) electrons. The number of aromatic nitrogens is 1. The zero-order chi connectivity index (χ0) is 13.7. The zero-order valence-electron chi connectivity index (χ0n) is 11.1. The number of nitrogens with two attached hydrogens (primary N) is 1. The summed E-state index contributed by atoms with van der Waals surface area (Å²) in [6.07, 6.45) is 3.85. The van der Waals surface area contributed by atoms with Crippen LogP contribution < -0.4 is 11.1 Å². The van der Waals surface area contributed by atoms with Crippen LogP contribution in [0.15, 0.2) is 18.3 Å². The fourth-order valence-corrected chi connectivity index (χ4v) is 2.11. The second kappa shape index (κ2) is 6.54. The van der Waals surface area contributed by atoms with Gasteiger partial charge in [-0.25, -0.2) is 0 Å². The number of nitrogens with zero attached hydrogens (tertiary/aromatic N) is 1.